The van der Waals surface area contributed by atoms with E-state index in [1.165, 1.54) is 25.7 Å². The summed E-state index contributed by atoms with van der Waals surface area (Å²) < 4.78 is 1.86. The first-order valence-corrected chi connectivity index (χ1v) is 10.9. The van der Waals surface area contributed by atoms with Gasteiger partial charge in [-0.3, -0.25) is 14.5 Å². The molecule has 0 unspecified atom stereocenters. The minimum absolute atomic E-state index is 0.00533. The van der Waals surface area contributed by atoms with E-state index in [1.54, 1.807) is 19.0 Å². The number of allylic oxidation sites excluding steroid dienone is 1. The Kier molecular flexibility index (Phi) is 5.67. The molecule has 4 atom stereocenters. The maximum absolute atomic E-state index is 13.2. The smallest absolute Gasteiger partial charge is 0.258 e. The minimum Gasteiger partial charge on any atom is -0.396 e. The van der Waals surface area contributed by atoms with E-state index in [4.69, 9.17) is 0 Å². The third kappa shape index (κ3) is 3.36. The number of rotatable bonds is 5. The predicted molar refractivity (Wildman–Crippen MR) is 113 cm³/mol. The van der Waals surface area contributed by atoms with Crippen LogP contribution in [0.2, 0.25) is 0 Å². The third-order valence-electron chi connectivity index (χ3n) is 7.22. The largest absolute Gasteiger partial charge is 0.396 e. The fraction of sp³-hybridized carbons (Fsp3) is 0.652. The van der Waals surface area contributed by atoms with Crippen molar-refractivity contribution < 1.29 is 9.90 Å². The van der Waals surface area contributed by atoms with Gasteiger partial charge < -0.3 is 14.6 Å². The molecule has 2 aliphatic heterocycles. The number of aliphatic hydroxyl groups excluding tert-OH is 1. The van der Waals surface area contributed by atoms with Crippen LogP contribution in [0, 0.1) is 17.8 Å². The molecular weight excluding hydrogens is 366 g/mol. The second-order valence-corrected chi connectivity index (χ2v) is 9.09. The highest BCUT2D eigenvalue weighted by Crippen LogP contribution is 2.49. The number of pyridine rings is 1. The minimum atomic E-state index is -0.317. The lowest BCUT2D eigenvalue weighted by atomic mass is 9.86. The quantitative estimate of drug-likeness (QED) is 0.824. The Balaban J connectivity index is 1.81. The number of carbonyl (C=O) groups excluding carboxylic acids is 1. The van der Waals surface area contributed by atoms with Crippen molar-refractivity contribution in [2.75, 3.05) is 27.2 Å². The molecule has 4 rings (SSSR count). The summed E-state index contributed by atoms with van der Waals surface area (Å²) in [4.78, 5) is 30.4. The van der Waals surface area contributed by atoms with E-state index in [0.717, 1.165) is 12.2 Å². The Bertz CT molecular complexity index is 853. The molecule has 0 radical (unpaired) electrons. The first kappa shape index (κ1) is 20.4. The van der Waals surface area contributed by atoms with E-state index < -0.39 is 0 Å². The van der Waals surface area contributed by atoms with E-state index in [9.17, 15) is 14.7 Å². The van der Waals surface area contributed by atoms with Gasteiger partial charge in [-0.25, -0.2) is 0 Å². The van der Waals surface area contributed by atoms with E-state index in [0.29, 0.717) is 18.0 Å². The summed E-state index contributed by atoms with van der Waals surface area (Å²) in [5.41, 5.74) is 1.61. The highest BCUT2D eigenvalue weighted by atomic mass is 16.3. The Hall–Kier alpha value is -1.92. The molecule has 0 spiro atoms. The topological polar surface area (TPSA) is 65.8 Å². The van der Waals surface area contributed by atoms with Gasteiger partial charge in [0.15, 0.2) is 0 Å². The van der Waals surface area contributed by atoms with Gasteiger partial charge in [0.25, 0.3) is 5.56 Å². The zero-order valence-electron chi connectivity index (χ0n) is 17.8. The first-order chi connectivity index (χ1) is 14.0. The zero-order chi connectivity index (χ0) is 20.7. The molecule has 6 heteroatoms. The normalized spacial score (nSPS) is 29.5. The van der Waals surface area contributed by atoms with E-state index in [-0.39, 0.29) is 42.0 Å². The number of carbonyl (C=O) groups is 1. The van der Waals surface area contributed by atoms with Crippen LogP contribution in [0.3, 0.4) is 0 Å². The summed E-state index contributed by atoms with van der Waals surface area (Å²) in [6, 6.07) is 3.78. The number of aliphatic hydroxyl groups is 1. The van der Waals surface area contributed by atoms with Crippen molar-refractivity contribution in [3.05, 3.63) is 39.8 Å². The molecule has 1 aliphatic carbocycles. The molecule has 29 heavy (non-hydrogen) atoms. The molecule has 1 aromatic rings. The van der Waals surface area contributed by atoms with Crippen LogP contribution in [-0.4, -0.2) is 58.7 Å². The maximum Gasteiger partial charge on any atom is 0.258 e. The fourth-order valence-electron chi connectivity index (χ4n) is 5.87. The lowest BCUT2D eigenvalue weighted by Gasteiger charge is -2.39. The average molecular weight is 400 g/mol. The van der Waals surface area contributed by atoms with Crippen LogP contribution in [0.25, 0.3) is 6.08 Å². The van der Waals surface area contributed by atoms with Gasteiger partial charge in [-0.2, -0.15) is 0 Å². The van der Waals surface area contributed by atoms with Crippen LogP contribution < -0.4 is 5.56 Å². The molecule has 1 aromatic heterocycles. The molecule has 2 bridgehead atoms. The molecule has 3 heterocycles. The molecule has 0 aromatic carbocycles. The highest BCUT2D eigenvalue weighted by molar-refractivity contribution is 5.80. The van der Waals surface area contributed by atoms with Crippen molar-refractivity contribution in [1.29, 1.82) is 0 Å². The number of fused-ring (bicyclic) bond motifs is 4. The molecule has 1 amide bonds. The molecule has 2 fully saturated rings. The van der Waals surface area contributed by atoms with Crippen LogP contribution >= 0.6 is 0 Å². The molecule has 1 saturated carbocycles. The van der Waals surface area contributed by atoms with Gasteiger partial charge in [-0.1, -0.05) is 25.0 Å². The number of amides is 1. The summed E-state index contributed by atoms with van der Waals surface area (Å²) in [5, 5.41) is 10.3. The number of hydrogen-bond donors (Lipinski definition) is 1. The lowest BCUT2D eigenvalue weighted by Crippen LogP contribution is -2.48. The fourth-order valence-corrected chi connectivity index (χ4v) is 5.87. The van der Waals surface area contributed by atoms with Crippen LogP contribution in [0.1, 0.15) is 49.9 Å². The summed E-state index contributed by atoms with van der Waals surface area (Å²) in [5.74, 6) is 0.224. The van der Waals surface area contributed by atoms with Crippen molar-refractivity contribution in [2.45, 2.75) is 51.2 Å². The monoisotopic (exact) mass is 399 g/mol. The van der Waals surface area contributed by atoms with Crippen LogP contribution in [-0.2, 0) is 11.3 Å². The van der Waals surface area contributed by atoms with Crippen molar-refractivity contribution in [2.24, 2.45) is 17.8 Å². The first-order valence-electron chi connectivity index (χ1n) is 10.9. The van der Waals surface area contributed by atoms with Gasteiger partial charge in [0.2, 0.25) is 5.91 Å². The number of hydrogen-bond acceptors (Lipinski definition) is 4. The SMILES string of the molecule is C/C=C/c1ccc2n(c1=O)C[C@H]1[C@H](CO)[C@@H](C(=O)N(C)C)[C@@H]2N1CC1CCCC1. The maximum atomic E-state index is 13.2. The predicted octanol–water partition coefficient (Wildman–Crippen LogP) is 2.12. The molecular formula is C23H33N3O3. The van der Waals surface area contributed by atoms with Crippen molar-refractivity contribution in [3.63, 3.8) is 0 Å². The molecule has 3 aliphatic rings. The summed E-state index contributed by atoms with van der Waals surface area (Å²) in [7, 11) is 3.56. The van der Waals surface area contributed by atoms with Gasteiger partial charge in [-0.05, 0) is 37.8 Å². The Labute approximate surface area is 172 Å². The van der Waals surface area contributed by atoms with Crippen LogP contribution in [0.15, 0.2) is 23.0 Å². The lowest BCUT2D eigenvalue weighted by molar-refractivity contribution is -0.135. The Morgan fingerprint density at radius 1 is 1.28 bits per heavy atom. The zero-order valence-corrected chi connectivity index (χ0v) is 17.8. The van der Waals surface area contributed by atoms with Gasteiger partial charge in [0, 0.05) is 57.0 Å². The molecule has 1 N–H and O–H groups in total. The van der Waals surface area contributed by atoms with Crippen LogP contribution in [0.4, 0.5) is 0 Å². The third-order valence-corrected chi connectivity index (χ3v) is 7.22. The highest BCUT2D eigenvalue weighted by Gasteiger charge is 2.56. The molecule has 1 saturated heterocycles. The van der Waals surface area contributed by atoms with Crippen molar-refractivity contribution in [3.8, 4) is 0 Å². The van der Waals surface area contributed by atoms with Crippen molar-refractivity contribution in [1.82, 2.24) is 14.4 Å². The summed E-state index contributed by atoms with van der Waals surface area (Å²) in [6.45, 7) is 3.38. The standard InChI is InChI=1S/C23H33N3O3/c1-4-7-16-10-11-18-21-20(23(29)24(2)3)17(14-27)19(13-26(18)22(16)28)25(21)12-15-8-5-6-9-15/h4,7,10-11,15,17,19-21,27H,5-6,8-9,12-14H2,1-3H3/b7-4+/t17-,19-,20+,21+/m0/s1. The van der Waals surface area contributed by atoms with E-state index in [1.807, 2.05) is 35.8 Å². The summed E-state index contributed by atoms with van der Waals surface area (Å²) in [6.07, 6.45) is 8.75. The van der Waals surface area contributed by atoms with Crippen molar-refractivity contribution >= 4 is 12.0 Å². The van der Waals surface area contributed by atoms with Gasteiger partial charge >= 0.3 is 0 Å². The number of nitrogens with zero attached hydrogens (tertiary/aromatic N) is 3. The second-order valence-electron chi connectivity index (χ2n) is 9.09. The number of aromatic nitrogens is 1. The van der Waals surface area contributed by atoms with Gasteiger partial charge in [0.1, 0.15) is 0 Å². The molecule has 6 nitrogen and oxygen atoms in total. The van der Waals surface area contributed by atoms with Crippen LogP contribution in [0.5, 0.6) is 0 Å². The summed E-state index contributed by atoms with van der Waals surface area (Å²) >= 11 is 0. The molecule has 158 valence electrons. The van der Waals surface area contributed by atoms with Gasteiger partial charge in [-0.15, -0.1) is 0 Å². The van der Waals surface area contributed by atoms with E-state index >= 15 is 0 Å². The average Bonchev–Trinajstić information content (AvgIpc) is 3.28. The Morgan fingerprint density at radius 2 is 2.00 bits per heavy atom. The van der Waals surface area contributed by atoms with E-state index in [2.05, 4.69) is 4.90 Å². The second kappa shape index (κ2) is 8.07. The van der Waals surface area contributed by atoms with Gasteiger partial charge in [0.05, 0.1) is 12.0 Å². The Morgan fingerprint density at radius 3 is 2.62 bits per heavy atom.